The number of nitrogens with two attached hydrogens (primary N) is 1. The molecular weight excluding hydrogens is 555 g/mol. The van der Waals surface area contributed by atoms with Crippen LogP contribution in [0.15, 0.2) is 78.9 Å². The van der Waals surface area contributed by atoms with Crippen LogP contribution in [-0.2, 0) is 16.2 Å². The Balaban J connectivity index is 1.60. The second-order valence-electron chi connectivity index (χ2n) is 16.0. The van der Waals surface area contributed by atoms with E-state index in [-0.39, 0.29) is 16.2 Å². The summed E-state index contributed by atoms with van der Waals surface area (Å²) in [6.07, 6.45) is 9.81. The largest absolute Gasteiger partial charge is 0.398 e. The standard InChI is InChI=1S/C45H57N/c1-9-43(7,26-14-16-30(3)4)32-22-24-34-35-25-23-33(44(8,10-2)27-15-17-31(5)6)29-40(35)45(39(34)28-32)37-19-12-11-18-36(37)42-38(45)20-13-21-41(42)46/h11-13,18-25,28-31H,9-10,14-17,26-27,46H2,1-8H3. The molecule has 2 aliphatic rings. The summed E-state index contributed by atoms with van der Waals surface area (Å²) < 4.78 is 0. The zero-order valence-corrected chi connectivity index (χ0v) is 29.9. The van der Waals surface area contributed by atoms with E-state index in [0.29, 0.717) is 0 Å². The predicted octanol–water partition coefficient (Wildman–Crippen LogP) is 12.6. The molecule has 0 aromatic heterocycles. The lowest BCUT2D eigenvalue weighted by Crippen LogP contribution is -2.28. The first-order valence-corrected chi connectivity index (χ1v) is 18.3. The van der Waals surface area contributed by atoms with Crippen LogP contribution < -0.4 is 5.73 Å². The minimum absolute atomic E-state index is 0.138. The van der Waals surface area contributed by atoms with Crippen molar-refractivity contribution in [3.63, 3.8) is 0 Å². The summed E-state index contributed by atoms with van der Waals surface area (Å²) in [7, 11) is 0. The smallest absolute Gasteiger partial charge is 0.0726 e. The maximum atomic E-state index is 6.88. The average Bonchev–Trinajstić information content (AvgIpc) is 3.51. The number of fused-ring (bicyclic) bond motifs is 10. The zero-order chi connectivity index (χ0) is 32.9. The van der Waals surface area contributed by atoms with E-state index in [1.54, 1.807) is 0 Å². The van der Waals surface area contributed by atoms with Crippen LogP contribution in [0.1, 0.15) is 140 Å². The van der Waals surface area contributed by atoms with Crippen molar-refractivity contribution in [3.05, 3.63) is 112 Å². The summed E-state index contributed by atoms with van der Waals surface area (Å²) >= 11 is 0. The van der Waals surface area contributed by atoms with Gasteiger partial charge in [-0.25, -0.2) is 0 Å². The van der Waals surface area contributed by atoms with E-state index in [1.165, 1.54) is 94.2 Å². The molecule has 2 aliphatic carbocycles. The van der Waals surface area contributed by atoms with E-state index in [9.17, 15) is 0 Å². The Bertz CT molecular complexity index is 1650. The zero-order valence-electron chi connectivity index (χ0n) is 29.9. The Morgan fingerprint density at radius 2 is 1.09 bits per heavy atom. The molecule has 0 bridgehead atoms. The van der Waals surface area contributed by atoms with Gasteiger partial charge in [0.15, 0.2) is 0 Å². The van der Waals surface area contributed by atoms with Gasteiger partial charge in [0, 0.05) is 11.3 Å². The van der Waals surface area contributed by atoms with Crippen molar-refractivity contribution >= 4 is 5.69 Å². The van der Waals surface area contributed by atoms with E-state index in [0.717, 1.165) is 30.4 Å². The Morgan fingerprint density at radius 1 is 0.587 bits per heavy atom. The maximum absolute atomic E-state index is 6.88. The molecule has 0 fully saturated rings. The number of nitrogen functional groups attached to an aromatic ring is 1. The summed E-state index contributed by atoms with van der Waals surface area (Å²) in [5.41, 5.74) is 21.5. The number of anilines is 1. The third-order valence-corrected chi connectivity index (χ3v) is 12.2. The highest BCUT2D eigenvalue weighted by atomic mass is 14.6. The third-order valence-electron chi connectivity index (χ3n) is 12.2. The highest BCUT2D eigenvalue weighted by molar-refractivity contribution is 5.98. The molecule has 0 heterocycles. The van der Waals surface area contributed by atoms with Crippen molar-refractivity contribution in [2.75, 3.05) is 5.73 Å². The summed E-state index contributed by atoms with van der Waals surface area (Å²) in [6, 6.07) is 30.8. The van der Waals surface area contributed by atoms with Crippen LogP contribution in [0.25, 0.3) is 22.3 Å². The van der Waals surface area contributed by atoms with Crippen molar-refractivity contribution in [1.82, 2.24) is 0 Å². The summed E-state index contributed by atoms with van der Waals surface area (Å²) in [6.45, 7) is 19.2. The SMILES string of the molecule is CCC(C)(CCCC(C)C)c1ccc2c(c1)C1(c3cc(C(C)(CC)CCCC(C)C)ccc3-2)c2ccccc2-c2c(N)cccc21. The highest BCUT2D eigenvalue weighted by Gasteiger charge is 2.53. The van der Waals surface area contributed by atoms with Crippen molar-refractivity contribution in [1.29, 1.82) is 0 Å². The first-order chi connectivity index (χ1) is 22.0. The van der Waals surface area contributed by atoms with Gasteiger partial charge in [0.25, 0.3) is 0 Å². The monoisotopic (exact) mass is 611 g/mol. The highest BCUT2D eigenvalue weighted by Crippen LogP contribution is 2.64. The molecule has 0 radical (unpaired) electrons. The Morgan fingerprint density at radius 3 is 1.59 bits per heavy atom. The van der Waals surface area contributed by atoms with Crippen molar-refractivity contribution in [2.45, 2.75) is 123 Å². The van der Waals surface area contributed by atoms with Gasteiger partial charge in [-0.3, -0.25) is 0 Å². The third kappa shape index (κ3) is 5.14. The van der Waals surface area contributed by atoms with Crippen LogP contribution in [0.5, 0.6) is 0 Å². The van der Waals surface area contributed by atoms with Crippen LogP contribution in [0.3, 0.4) is 0 Å². The van der Waals surface area contributed by atoms with E-state index in [2.05, 4.69) is 134 Å². The molecular formula is C45H57N. The Labute approximate surface area is 280 Å². The average molecular weight is 612 g/mol. The van der Waals surface area contributed by atoms with Gasteiger partial charge in [-0.15, -0.1) is 0 Å². The number of hydrogen-bond donors (Lipinski definition) is 1. The van der Waals surface area contributed by atoms with Gasteiger partial charge in [-0.2, -0.15) is 0 Å². The minimum Gasteiger partial charge on any atom is -0.398 e. The van der Waals surface area contributed by atoms with E-state index in [4.69, 9.17) is 5.73 Å². The maximum Gasteiger partial charge on any atom is 0.0726 e. The summed E-state index contributed by atoms with van der Waals surface area (Å²) in [5.74, 6) is 1.48. The first kappa shape index (κ1) is 32.6. The van der Waals surface area contributed by atoms with E-state index >= 15 is 0 Å². The van der Waals surface area contributed by atoms with E-state index in [1.807, 2.05) is 0 Å². The second kappa shape index (κ2) is 12.4. The lowest BCUT2D eigenvalue weighted by molar-refractivity contribution is 0.382. The molecule has 4 aromatic carbocycles. The van der Waals surface area contributed by atoms with Crippen LogP contribution in [0, 0.1) is 11.8 Å². The molecule has 4 aromatic rings. The van der Waals surface area contributed by atoms with Crippen LogP contribution >= 0.6 is 0 Å². The quantitative estimate of drug-likeness (QED) is 0.137. The van der Waals surface area contributed by atoms with Gasteiger partial charge in [-0.1, -0.05) is 154 Å². The molecule has 1 spiro atoms. The van der Waals surface area contributed by atoms with Gasteiger partial charge in [-0.05, 0) is 104 Å². The van der Waals surface area contributed by atoms with Gasteiger partial charge in [0.05, 0.1) is 5.41 Å². The van der Waals surface area contributed by atoms with Crippen LogP contribution in [0.2, 0.25) is 0 Å². The second-order valence-corrected chi connectivity index (χ2v) is 16.0. The van der Waals surface area contributed by atoms with Crippen molar-refractivity contribution in [3.8, 4) is 22.3 Å². The van der Waals surface area contributed by atoms with Crippen molar-refractivity contribution < 1.29 is 0 Å². The lowest BCUT2D eigenvalue weighted by atomic mass is 9.67. The van der Waals surface area contributed by atoms with Gasteiger partial charge >= 0.3 is 0 Å². The minimum atomic E-state index is -0.378. The summed E-state index contributed by atoms with van der Waals surface area (Å²) in [5, 5.41) is 0. The Hall–Kier alpha value is -3.32. The number of hydrogen-bond acceptors (Lipinski definition) is 1. The molecule has 0 saturated heterocycles. The molecule has 6 rings (SSSR count). The van der Waals surface area contributed by atoms with Gasteiger partial charge < -0.3 is 5.73 Å². The molecule has 2 unspecified atom stereocenters. The molecule has 1 heteroatoms. The molecule has 0 aliphatic heterocycles. The predicted molar refractivity (Wildman–Crippen MR) is 200 cm³/mol. The molecule has 46 heavy (non-hydrogen) atoms. The molecule has 0 saturated carbocycles. The van der Waals surface area contributed by atoms with Gasteiger partial charge in [0.2, 0.25) is 0 Å². The molecule has 1 nitrogen and oxygen atoms in total. The molecule has 2 N–H and O–H groups in total. The lowest BCUT2D eigenvalue weighted by Gasteiger charge is -2.35. The first-order valence-electron chi connectivity index (χ1n) is 18.3. The normalized spacial score (nSPS) is 18.7. The molecule has 242 valence electrons. The molecule has 0 amide bonds. The number of rotatable bonds is 12. The fourth-order valence-electron chi connectivity index (χ4n) is 8.86. The molecule has 2 atom stereocenters. The van der Waals surface area contributed by atoms with Gasteiger partial charge in [0.1, 0.15) is 0 Å². The van der Waals surface area contributed by atoms with Crippen LogP contribution in [0.4, 0.5) is 5.69 Å². The number of benzene rings is 4. The Kier molecular flexibility index (Phi) is 8.77. The van der Waals surface area contributed by atoms with Crippen LogP contribution in [-0.4, -0.2) is 0 Å². The van der Waals surface area contributed by atoms with E-state index < -0.39 is 0 Å². The topological polar surface area (TPSA) is 26.0 Å². The fourth-order valence-corrected chi connectivity index (χ4v) is 8.86. The summed E-state index contributed by atoms with van der Waals surface area (Å²) in [4.78, 5) is 0. The fraction of sp³-hybridized carbons (Fsp3) is 0.467. The van der Waals surface area contributed by atoms with Crippen molar-refractivity contribution in [2.24, 2.45) is 11.8 Å².